The second kappa shape index (κ2) is 8.60. The summed E-state index contributed by atoms with van der Waals surface area (Å²) in [6, 6.07) is 18.0. The van der Waals surface area contributed by atoms with Crippen LogP contribution in [0.5, 0.6) is 0 Å². The lowest BCUT2D eigenvalue weighted by molar-refractivity contribution is -0.123. The standard InChI is InChI=1S/C20H24N4O2/c21-11-19(25)24-17-10-18(22-13-17)20(26)23-12-14-6-8-16(9-7-14)15-4-2-1-3-5-15/h1-9,17-18,22H,10-13,21H2,(H,23,26)(H,24,25)/t17-,18+/m1/s1. The molecule has 1 saturated heterocycles. The van der Waals surface area contributed by atoms with Crippen molar-refractivity contribution in [2.24, 2.45) is 5.73 Å². The van der Waals surface area contributed by atoms with E-state index in [9.17, 15) is 9.59 Å². The first-order chi connectivity index (χ1) is 12.7. The van der Waals surface area contributed by atoms with E-state index in [1.807, 2.05) is 30.3 Å². The molecule has 26 heavy (non-hydrogen) atoms. The molecule has 0 saturated carbocycles. The summed E-state index contributed by atoms with van der Waals surface area (Å²) in [6.45, 7) is 1.02. The van der Waals surface area contributed by atoms with Crippen molar-refractivity contribution < 1.29 is 9.59 Å². The Morgan fingerprint density at radius 3 is 2.42 bits per heavy atom. The van der Waals surface area contributed by atoms with Crippen molar-refractivity contribution in [2.75, 3.05) is 13.1 Å². The lowest BCUT2D eigenvalue weighted by Gasteiger charge is -2.12. The minimum Gasteiger partial charge on any atom is -0.351 e. The predicted octanol–water partition coefficient (Wildman–Crippen LogP) is 0.775. The maximum atomic E-state index is 12.3. The van der Waals surface area contributed by atoms with Gasteiger partial charge < -0.3 is 21.7 Å². The van der Waals surface area contributed by atoms with Crippen LogP contribution in [-0.4, -0.2) is 37.0 Å². The van der Waals surface area contributed by atoms with Crippen LogP contribution in [0.25, 0.3) is 11.1 Å². The van der Waals surface area contributed by atoms with Crippen LogP contribution in [-0.2, 0) is 16.1 Å². The molecule has 0 unspecified atom stereocenters. The molecular weight excluding hydrogens is 328 g/mol. The number of nitrogens with two attached hydrogens (primary N) is 1. The molecule has 0 bridgehead atoms. The molecule has 0 aliphatic carbocycles. The summed E-state index contributed by atoms with van der Waals surface area (Å²) < 4.78 is 0. The molecule has 0 aromatic heterocycles. The zero-order chi connectivity index (χ0) is 18.4. The van der Waals surface area contributed by atoms with Gasteiger partial charge in [-0.05, 0) is 23.1 Å². The number of rotatable bonds is 6. The van der Waals surface area contributed by atoms with Crippen molar-refractivity contribution in [1.82, 2.24) is 16.0 Å². The third-order valence-corrected chi connectivity index (χ3v) is 4.53. The fourth-order valence-electron chi connectivity index (χ4n) is 3.09. The minimum absolute atomic E-state index is 0.0354. The van der Waals surface area contributed by atoms with Crippen LogP contribution in [0.1, 0.15) is 12.0 Å². The van der Waals surface area contributed by atoms with Gasteiger partial charge in [-0.2, -0.15) is 0 Å². The van der Waals surface area contributed by atoms with Gasteiger partial charge in [-0.1, -0.05) is 54.6 Å². The molecule has 2 aromatic rings. The summed E-state index contributed by atoms with van der Waals surface area (Å²) in [5, 5.41) is 8.89. The molecular formula is C20H24N4O2. The van der Waals surface area contributed by atoms with E-state index in [0.29, 0.717) is 19.5 Å². The smallest absolute Gasteiger partial charge is 0.237 e. The summed E-state index contributed by atoms with van der Waals surface area (Å²) in [6.07, 6.45) is 0.574. The Morgan fingerprint density at radius 2 is 1.73 bits per heavy atom. The normalized spacial score (nSPS) is 19.1. The molecule has 2 amide bonds. The van der Waals surface area contributed by atoms with Gasteiger partial charge in [0.05, 0.1) is 12.6 Å². The molecule has 1 fully saturated rings. The topological polar surface area (TPSA) is 96.2 Å². The zero-order valence-corrected chi connectivity index (χ0v) is 14.6. The van der Waals surface area contributed by atoms with Crippen molar-refractivity contribution in [3.63, 3.8) is 0 Å². The van der Waals surface area contributed by atoms with Crippen molar-refractivity contribution in [3.8, 4) is 11.1 Å². The van der Waals surface area contributed by atoms with Gasteiger partial charge in [0.15, 0.2) is 0 Å². The fourth-order valence-corrected chi connectivity index (χ4v) is 3.09. The molecule has 136 valence electrons. The van der Waals surface area contributed by atoms with E-state index in [-0.39, 0.29) is 30.4 Å². The molecule has 2 atom stereocenters. The van der Waals surface area contributed by atoms with E-state index in [1.54, 1.807) is 0 Å². The Morgan fingerprint density at radius 1 is 1.04 bits per heavy atom. The molecule has 0 spiro atoms. The zero-order valence-electron chi connectivity index (χ0n) is 14.6. The van der Waals surface area contributed by atoms with Gasteiger partial charge >= 0.3 is 0 Å². The maximum absolute atomic E-state index is 12.3. The van der Waals surface area contributed by atoms with Crippen LogP contribution >= 0.6 is 0 Å². The van der Waals surface area contributed by atoms with Gasteiger partial charge in [0.1, 0.15) is 0 Å². The Bertz CT molecular complexity index is 746. The van der Waals surface area contributed by atoms with Gasteiger partial charge in [0.2, 0.25) is 11.8 Å². The van der Waals surface area contributed by atoms with E-state index in [4.69, 9.17) is 5.73 Å². The van der Waals surface area contributed by atoms with Gasteiger partial charge in [0.25, 0.3) is 0 Å². The molecule has 2 aromatic carbocycles. The molecule has 1 heterocycles. The Balaban J connectivity index is 1.48. The summed E-state index contributed by atoms with van der Waals surface area (Å²) in [5.41, 5.74) is 8.66. The number of benzene rings is 2. The highest BCUT2D eigenvalue weighted by atomic mass is 16.2. The SMILES string of the molecule is NCC(=O)N[C@H]1CN[C@H](C(=O)NCc2ccc(-c3ccccc3)cc2)C1. The molecule has 6 heteroatoms. The van der Waals surface area contributed by atoms with Gasteiger partial charge in [-0.15, -0.1) is 0 Å². The first kappa shape index (κ1) is 18.1. The van der Waals surface area contributed by atoms with Gasteiger partial charge in [-0.3, -0.25) is 9.59 Å². The van der Waals surface area contributed by atoms with Crippen molar-refractivity contribution >= 4 is 11.8 Å². The lowest BCUT2D eigenvalue weighted by Crippen LogP contribution is -2.40. The largest absolute Gasteiger partial charge is 0.351 e. The Hall–Kier alpha value is -2.70. The number of hydrogen-bond donors (Lipinski definition) is 4. The third-order valence-electron chi connectivity index (χ3n) is 4.53. The summed E-state index contributed by atoms with van der Waals surface area (Å²) >= 11 is 0. The van der Waals surface area contributed by atoms with Crippen LogP contribution in [0, 0.1) is 0 Å². The molecule has 3 rings (SSSR count). The number of nitrogens with one attached hydrogen (secondary N) is 3. The molecule has 5 N–H and O–H groups in total. The lowest BCUT2D eigenvalue weighted by atomic mass is 10.0. The van der Waals surface area contributed by atoms with Gasteiger partial charge in [0, 0.05) is 19.1 Å². The highest BCUT2D eigenvalue weighted by molar-refractivity contribution is 5.83. The van der Waals surface area contributed by atoms with Gasteiger partial charge in [-0.25, -0.2) is 0 Å². The van der Waals surface area contributed by atoms with Crippen LogP contribution in [0.2, 0.25) is 0 Å². The van der Waals surface area contributed by atoms with E-state index >= 15 is 0 Å². The highest BCUT2D eigenvalue weighted by Crippen LogP contribution is 2.19. The van der Waals surface area contributed by atoms with Crippen molar-refractivity contribution in [2.45, 2.75) is 25.0 Å². The van der Waals surface area contributed by atoms with E-state index in [2.05, 4.69) is 40.2 Å². The summed E-state index contributed by atoms with van der Waals surface area (Å²) in [7, 11) is 0. The summed E-state index contributed by atoms with van der Waals surface area (Å²) in [5.74, 6) is -0.252. The predicted molar refractivity (Wildman–Crippen MR) is 101 cm³/mol. The van der Waals surface area contributed by atoms with Crippen molar-refractivity contribution in [3.05, 3.63) is 60.2 Å². The first-order valence-corrected chi connectivity index (χ1v) is 8.80. The van der Waals surface area contributed by atoms with Crippen molar-refractivity contribution in [1.29, 1.82) is 0 Å². The third kappa shape index (κ3) is 4.68. The first-order valence-electron chi connectivity index (χ1n) is 8.80. The quantitative estimate of drug-likeness (QED) is 0.618. The second-order valence-corrected chi connectivity index (χ2v) is 6.45. The van der Waals surface area contributed by atoms with Crippen LogP contribution in [0.15, 0.2) is 54.6 Å². The van der Waals surface area contributed by atoms with Crippen LogP contribution in [0.4, 0.5) is 0 Å². The molecule has 0 radical (unpaired) electrons. The second-order valence-electron chi connectivity index (χ2n) is 6.45. The average Bonchev–Trinajstić information content (AvgIpc) is 3.15. The number of carbonyl (C=O) groups excluding carboxylic acids is 2. The van der Waals surface area contributed by atoms with E-state index in [0.717, 1.165) is 11.1 Å². The highest BCUT2D eigenvalue weighted by Gasteiger charge is 2.29. The van der Waals surface area contributed by atoms with E-state index in [1.165, 1.54) is 5.56 Å². The van der Waals surface area contributed by atoms with E-state index < -0.39 is 0 Å². The fraction of sp³-hybridized carbons (Fsp3) is 0.300. The molecule has 6 nitrogen and oxygen atoms in total. The number of hydrogen-bond acceptors (Lipinski definition) is 4. The Kier molecular flexibility index (Phi) is 5.99. The van der Waals surface area contributed by atoms with Crippen LogP contribution in [0.3, 0.4) is 0 Å². The minimum atomic E-state index is -0.290. The monoisotopic (exact) mass is 352 g/mol. The summed E-state index contributed by atoms with van der Waals surface area (Å²) in [4.78, 5) is 23.6. The van der Waals surface area contributed by atoms with Crippen LogP contribution < -0.4 is 21.7 Å². The maximum Gasteiger partial charge on any atom is 0.237 e. The molecule has 1 aliphatic rings. The number of amides is 2. The average molecular weight is 352 g/mol. The molecule has 1 aliphatic heterocycles. The number of carbonyl (C=O) groups is 2. The Labute approximate surface area is 153 Å².